The van der Waals surface area contributed by atoms with Crippen LogP contribution in [0.2, 0.25) is 0 Å². The van der Waals surface area contributed by atoms with Crippen molar-refractivity contribution in [3.05, 3.63) is 35.4 Å². The van der Waals surface area contributed by atoms with Crippen molar-refractivity contribution in [3.8, 4) is 0 Å². The Morgan fingerprint density at radius 2 is 1.78 bits per heavy atom. The van der Waals surface area contributed by atoms with Gasteiger partial charge in [-0.3, -0.25) is 4.79 Å². The fraction of sp³-hybridized carbons (Fsp3) is 0.533. The van der Waals surface area contributed by atoms with Crippen LogP contribution in [-0.2, 0) is 11.2 Å². The van der Waals surface area contributed by atoms with Crippen molar-refractivity contribution in [2.24, 2.45) is 11.7 Å². The van der Waals surface area contributed by atoms with Crippen LogP contribution in [0.15, 0.2) is 24.3 Å². The predicted molar refractivity (Wildman–Crippen MR) is 75.5 cm³/mol. The van der Waals surface area contributed by atoms with Gasteiger partial charge in [-0.05, 0) is 23.5 Å². The van der Waals surface area contributed by atoms with Gasteiger partial charge in [0.2, 0.25) is 5.91 Å². The lowest BCUT2D eigenvalue weighted by atomic mass is 9.95. The zero-order valence-electron chi connectivity index (χ0n) is 11.8. The van der Waals surface area contributed by atoms with Crippen molar-refractivity contribution < 1.29 is 4.79 Å². The highest BCUT2D eigenvalue weighted by atomic mass is 16.2. The van der Waals surface area contributed by atoms with E-state index in [1.54, 1.807) is 19.0 Å². The Balaban J connectivity index is 2.73. The molecule has 0 spiro atoms. The molecule has 0 saturated carbocycles. The number of hydrogen-bond donors (Lipinski definition) is 1. The Bertz CT molecular complexity index is 382. The first-order chi connectivity index (χ1) is 8.45. The zero-order valence-corrected chi connectivity index (χ0v) is 11.8. The molecule has 0 saturated heterocycles. The largest absolute Gasteiger partial charge is 0.349 e. The molecule has 1 aromatic rings. The fourth-order valence-corrected chi connectivity index (χ4v) is 1.96. The maximum atomic E-state index is 11.9. The van der Waals surface area contributed by atoms with Crippen molar-refractivity contribution >= 4 is 5.91 Å². The van der Waals surface area contributed by atoms with Crippen LogP contribution >= 0.6 is 0 Å². The molecule has 1 atom stereocenters. The van der Waals surface area contributed by atoms with E-state index in [2.05, 4.69) is 38.1 Å². The lowest BCUT2D eigenvalue weighted by Gasteiger charge is -2.19. The smallest absolute Gasteiger partial charge is 0.226 e. The van der Waals surface area contributed by atoms with E-state index in [1.807, 2.05) is 0 Å². The minimum Gasteiger partial charge on any atom is -0.349 e. The maximum absolute atomic E-state index is 11.9. The highest BCUT2D eigenvalue weighted by Crippen LogP contribution is 2.17. The van der Waals surface area contributed by atoms with Crippen LogP contribution in [0.4, 0.5) is 0 Å². The number of amides is 1. The van der Waals surface area contributed by atoms with Crippen molar-refractivity contribution in [3.63, 3.8) is 0 Å². The molecule has 1 amide bonds. The molecular weight excluding hydrogens is 224 g/mol. The maximum Gasteiger partial charge on any atom is 0.226 e. The van der Waals surface area contributed by atoms with Gasteiger partial charge in [-0.15, -0.1) is 0 Å². The van der Waals surface area contributed by atoms with Crippen molar-refractivity contribution in [1.82, 2.24) is 4.90 Å². The molecule has 0 aromatic heterocycles. The number of hydrogen-bond acceptors (Lipinski definition) is 2. The Morgan fingerprint density at radius 1 is 1.22 bits per heavy atom. The highest BCUT2D eigenvalue weighted by molar-refractivity contribution is 5.78. The molecule has 0 heterocycles. The molecule has 1 aromatic carbocycles. The first-order valence-corrected chi connectivity index (χ1v) is 6.45. The van der Waals surface area contributed by atoms with Crippen LogP contribution in [0.5, 0.6) is 0 Å². The molecule has 18 heavy (non-hydrogen) atoms. The van der Waals surface area contributed by atoms with Gasteiger partial charge < -0.3 is 10.6 Å². The summed E-state index contributed by atoms with van der Waals surface area (Å²) in [5.74, 6) is 0.517. The standard InChI is InChI=1S/C15H24N2O/c1-11(2)13-7-5-12(6-8-13)9-14(10-16)15(18)17(3)4/h5-8,11,14H,9-10,16H2,1-4H3. The Labute approximate surface area is 110 Å². The predicted octanol–water partition coefficient (Wildman–Crippen LogP) is 2.02. The molecule has 0 aliphatic carbocycles. The Hall–Kier alpha value is -1.35. The van der Waals surface area contributed by atoms with Gasteiger partial charge in [0.1, 0.15) is 0 Å². The van der Waals surface area contributed by atoms with Crippen molar-refractivity contribution in [2.45, 2.75) is 26.2 Å². The molecule has 100 valence electrons. The summed E-state index contributed by atoms with van der Waals surface area (Å²) in [6.07, 6.45) is 0.714. The summed E-state index contributed by atoms with van der Waals surface area (Å²) in [6.45, 7) is 4.74. The summed E-state index contributed by atoms with van der Waals surface area (Å²) in [7, 11) is 3.54. The summed E-state index contributed by atoms with van der Waals surface area (Å²) in [6, 6.07) is 8.46. The van der Waals surface area contributed by atoms with Gasteiger partial charge >= 0.3 is 0 Å². The third-order valence-electron chi connectivity index (χ3n) is 3.20. The topological polar surface area (TPSA) is 46.3 Å². The number of nitrogens with zero attached hydrogens (tertiary/aromatic N) is 1. The average molecular weight is 248 g/mol. The number of carbonyl (C=O) groups is 1. The monoisotopic (exact) mass is 248 g/mol. The van der Waals surface area contributed by atoms with Crippen LogP contribution in [0.3, 0.4) is 0 Å². The van der Waals surface area contributed by atoms with Gasteiger partial charge in [0.15, 0.2) is 0 Å². The average Bonchev–Trinajstić information content (AvgIpc) is 2.35. The van der Waals surface area contributed by atoms with Crippen molar-refractivity contribution in [1.29, 1.82) is 0 Å². The van der Waals surface area contributed by atoms with E-state index in [-0.39, 0.29) is 11.8 Å². The second-order valence-electron chi connectivity index (χ2n) is 5.27. The molecule has 0 aliphatic rings. The second-order valence-corrected chi connectivity index (χ2v) is 5.27. The van der Waals surface area contributed by atoms with Crippen LogP contribution < -0.4 is 5.73 Å². The molecule has 0 bridgehead atoms. The summed E-state index contributed by atoms with van der Waals surface area (Å²) < 4.78 is 0. The number of carbonyl (C=O) groups excluding carboxylic acids is 1. The first-order valence-electron chi connectivity index (χ1n) is 6.45. The van der Waals surface area contributed by atoms with Crippen LogP contribution in [0, 0.1) is 5.92 Å². The van der Waals surface area contributed by atoms with Gasteiger partial charge in [-0.2, -0.15) is 0 Å². The number of benzene rings is 1. The van der Waals surface area contributed by atoms with Gasteiger partial charge in [-0.25, -0.2) is 0 Å². The molecular formula is C15H24N2O. The molecule has 0 radical (unpaired) electrons. The minimum absolute atomic E-state index is 0.102. The zero-order chi connectivity index (χ0) is 13.7. The highest BCUT2D eigenvalue weighted by Gasteiger charge is 2.18. The normalized spacial score (nSPS) is 12.6. The van der Waals surface area contributed by atoms with E-state index in [9.17, 15) is 4.79 Å². The Morgan fingerprint density at radius 3 is 2.17 bits per heavy atom. The molecule has 3 nitrogen and oxygen atoms in total. The SMILES string of the molecule is CC(C)c1ccc(CC(CN)C(=O)N(C)C)cc1. The third kappa shape index (κ3) is 3.84. The molecule has 2 N–H and O–H groups in total. The summed E-state index contributed by atoms with van der Waals surface area (Å²) >= 11 is 0. The van der Waals surface area contributed by atoms with E-state index in [0.29, 0.717) is 18.9 Å². The van der Waals surface area contributed by atoms with E-state index in [1.165, 1.54) is 11.1 Å². The van der Waals surface area contributed by atoms with Crippen LogP contribution in [0.25, 0.3) is 0 Å². The number of rotatable bonds is 5. The summed E-state index contributed by atoms with van der Waals surface area (Å²) in [4.78, 5) is 13.5. The van der Waals surface area contributed by atoms with E-state index in [0.717, 1.165) is 0 Å². The van der Waals surface area contributed by atoms with Gasteiger partial charge in [0, 0.05) is 20.6 Å². The second kappa shape index (κ2) is 6.55. The van der Waals surface area contributed by atoms with Gasteiger partial charge in [0.25, 0.3) is 0 Å². The molecule has 1 rings (SSSR count). The first kappa shape index (κ1) is 14.7. The molecule has 0 aliphatic heterocycles. The molecule has 0 fully saturated rings. The quantitative estimate of drug-likeness (QED) is 0.866. The van der Waals surface area contributed by atoms with E-state index >= 15 is 0 Å². The third-order valence-corrected chi connectivity index (χ3v) is 3.20. The van der Waals surface area contributed by atoms with Crippen LogP contribution in [-0.4, -0.2) is 31.4 Å². The van der Waals surface area contributed by atoms with Gasteiger partial charge in [0.05, 0.1) is 5.92 Å². The van der Waals surface area contributed by atoms with E-state index in [4.69, 9.17) is 5.73 Å². The van der Waals surface area contributed by atoms with Crippen LogP contribution in [0.1, 0.15) is 30.9 Å². The molecule has 3 heteroatoms. The fourth-order valence-electron chi connectivity index (χ4n) is 1.96. The van der Waals surface area contributed by atoms with E-state index < -0.39 is 0 Å². The number of nitrogens with two attached hydrogens (primary N) is 1. The Kier molecular flexibility index (Phi) is 5.35. The van der Waals surface area contributed by atoms with Crippen molar-refractivity contribution in [2.75, 3.05) is 20.6 Å². The summed E-state index contributed by atoms with van der Waals surface area (Å²) in [5, 5.41) is 0. The minimum atomic E-state index is -0.120. The lowest BCUT2D eigenvalue weighted by molar-refractivity contribution is -0.132. The summed E-state index contributed by atoms with van der Waals surface area (Å²) in [5.41, 5.74) is 8.18. The molecule has 1 unspecified atom stereocenters. The van der Waals surface area contributed by atoms with Gasteiger partial charge in [-0.1, -0.05) is 38.1 Å². The lowest BCUT2D eigenvalue weighted by Crippen LogP contribution is -2.35.